The molecular formula is C25H18N2O4. The molecule has 0 saturated carbocycles. The van der Waals surface area contributed by atoms with Crippen molar-refractivity contribution in [2.24, 2.45) is 0 Å². The van der Waals surface area contributed by atoms with Crippen molar-refractivity contribution in [2.75, 3.05) is 0 Å². The topological polar surface area (TPSA) is 77.7 Å². The number of ether oxygens (including phenoxy) is 1. The molecule has 6 nitrogen and oxygen atoms in total. The molecule has 4 aromatic rings. The molecule has 6 heteroatoms. The highest BCUT2D eigenvalue weighted by atomic mass is 16.5. The number of fused-ring (bicyclic) bond motifs is 4. The summed E-state index contributed by atoms with van der Waals surface area (Å²) in [6, 6.07) is 14.0. The normalized spacial score (nSPS) is 12.7. The number of nitrogens with zero attached hydrogens (tertiary/aromatic N) is 2. The van der Waals surface area contributed by atoms with Gasteiger partial charge in [-0.2, -0.15) is 0 Å². The van der Waals surface area contributed by atoms with Crippen molar-refractivity contribution in [1.29, 1.82) is 0 Å². The number of pyridine rings is 2. The van der Waals surface area contributed by atoms with Gasteiger partial charge < -0.3 is 9.14 Å². The number of hydrogen-bond acceptors (Lipinski definition) is 5. The summed E-state index contributed by atoms with van der Waals surface area (Å²) in [7, 11) is 0. The Balaban J connectivity index is 1.83. The van der Waals surface area contributed by atoms with Crippen LogP contribution in [0.4, 0.5) is 0 Å². The monoisotopic (exact) mass is 410 g/mol. The van der Waals surface area contributed by atoms with Crippen LogP contribution in [0.1, 0.15) is 56.2 Å². The molecule has 0 atom stereocenters. The van der Waals surface area contributed by atoms with E-state index in [9.17, 15) is 14.4 Å². The number of aromatic nitrogens is 2. The maximum atomic E-state index is 13.4. The van der Waals surface area contributed by atoms with Crippen LogP contribution in [0.3, 0.4) is 0 Å². The molecule has 0 bridgehead atoms. The SMILES string of the molecule is CC(C)OC(=O)c1c2c(n3ccc(-c4ccncc4)cc13)C(=O)c1ccccc1C2=O. The number of esters is 1. The van der Waals surface area contributed by atoms with E-state index in [1.54, 1.807) is 67.2 Å². The Morgan fingerprint density at radius 2 is 1.61 bits per heavy atom. The molecule has 1 aliphatic carbocycles. The Morgan fingerprint density at radius 3 is 2.29 bits per heavy atom. The summed E-state index contributed by atoms with van der Waals surface area (Å²) in [5, 5.41) is 0. The van der Waals surface area contributed by atoms with Gasteiger partial charge in [-0.25, -0.2) is 4.79 Å². The minimum absolute atomic E-state index is 0.0984. The summed E-state index contributed by atoms with van der Waals surface area (Å²) in [5.74, 6) is -1.27. The zero-order valence-corrected chi connectivity index (χ0v) is 17.0. The molecule has 0 amide bonds. The fourth-order valence-electron chi connectivity index (χ4n) is 4.04. The number of rotatable bonds is 3. The van der Waals surface area contributed by atoms with Gasteiger partial charge >= 0.3 is 5.97 Å². The van der Waals surface area contributed by atoms with Crippen molar-refractivity contribution in [3.8, 4) is 11.1 Å². The van der Waals surface area contributed by atoms with Crippen molar-refractivity contribution in [1.82, 2.24) is 9.38 Å². The highest BCUT2D eigenvalue weighted by Crippen LogP contribution is 2.35. The molecule has 0 fully saturated rings. The van der Waals surface area contributed by atoms with Crippen LogP contribution in [0.2, 0.25) is 0 Å². The summed E-state index contributed by atoms with van der Waals surface area (Å²) >= 11 is 0. The zero-order valence-electron chi connectivity index (χ0n) is 17.0. The Bertz CT molecular complexity index is 1380. The lowest BCUT2D eigenvalue weighted by molar-refractivity contribution is 0.0378. The average Bonchev–Trinajstić information content (AvgIpc) is 3.12. The van der Waals surface area contributed by atoms with Crippen LogP contribution < -0.4 is 0 Å². The molecule has 31 heavy (non-hydrogen) atoms. The first-order valence-corrected chi connectivity index (χ1v) is 9.95. The predicted molar refractivity (Wildman–Crippen MR) is 114 cm³/mol. The van der Waals surface area contributed by atoms with E-state index in [-0.39, 0.29) is 34.5 Å². The van der Waals surface area contributed by atoms with Crippen LogP contribution in [-0.4, -0.2) is 33.0 Å². The van der Waals surface area contributed by atoms with Crippen LogP contribution in [0, 0.1) is 0 Å². The molecule has 152 valence electrons. The van der Waals surface area contributed by atoms with Crippen LogP contribution >= 0.6 is 0 Å². The van der Waals surface area contributed by atoms with Gasteiger partial charge in [-0.1, -0.05) is 24.3 Å². The molecule has 3 heterocycles. The molecular weight excluding hydrogens is 392 g/mol. The number of carbonyl (C=O) groups excluding carboxylic acids is 3. The number of benzene rings is 1. The van der Waals surface area contributed by atoms with E-state index in [1.165, 1.54) is 0 Å². The summed E-state index contributed by atoms with van der Waals surface area (Å²) < 4.78 is 7.08. The Labute approximate surface area is 178 Å². The van der Waals surface area contributed by atoms with Crippen molar-refractivity contribution >= 4 is 23.1 Å². The molecule has 0 N–H and O–H groups in total. The first-order valence-electron chi connectivity index (χ1n) is 9.95. The smallest absolute Gasteiger partial charge is 0.341 e. The molecule has 5 rings (SSSR count). The van der Waals surface area contributed by atoms with E-state index >= 15 is 0 Å². The van der Waals surface area contributed by atoms with Gasteiger partial charge in [0.2, 0.25) is 5.78 Å². The lowest BCUT2D eigenvalue weighted by atomic mass is 9.86. The first kappa shape index (κ1) is 18.9. The molecule has 0 spiro atoms. The van der Waals surface area contributed by atoms with Gasteiger partial charge in [0.25, 0.3) is 0 Å². The largest absolute Gasteiger partial charge is 0.459 e. The first-order chi connectivity index (χ1) is 15.0. The third kappa shape index (κ3) is 2.87. The van der Waals surface area contributed by atoms with Gasteiger partial charge in [0, 0.05) is 29.7 Å². The van der Waals surface area contributed by atoms with Gasteiger partial charge in [-0.3, -0.25) is 14.6 Å². The molecule has 1 aromatic carbocycles. The number of carbonyl (C=O) groups is 3. The van der Waals surface area contributed by atoms with E-state index < -0.39 is 5.97 Å². The number of ketones is 2. The molecule has 0 saturated heterocycles. The van der Waals surface area contributed by atoms with Crippen molar-refractivity contribution in [3.63, 3.8) is 0 Å². The van der Waals surface area contributed by atoms with Crippen molar-refractivity contribution in [2.45, 2.75) is 20.0 Å². The van der Waals surface area contributed by atoms with E-state index in [4.69, 9.17) is 4.74 Å². The third-order valence-electron chi connectivity index (χ3n) is 5.36. The zero-order chi connectivity index (χ0) is 21.7. The lowest BCUT2D eigenvalue weighted by Gasteiger charge is -2.15. The maximum absolute atomic E-state index is 13.4. The summed E-state index contributed by atoms with van der Waals surface area (Å²) in [6.45, 7) is 3.49. The Kier molecular flexibility index (Phi) is 4.29. The lowest BCUT2D eigenvalue weighted by Crippen LogP contribution is -2.23. The van der Waals surface area contributed by atoms with Gasteiger partial charge in [-0.15, -0.1) is 0 Å². The van der Waals surface area contributed by atoms with Gasteiger partial charge in [-0.05, 0) is 49.2 Å². The van der Waals surface area contributed by atoms with E-state index in [0.717, 1.165) is 11.1 Å². The standard InChI is InChI=1S/C25H18N2O4/c1-14(2)31-25(30)20-19-13-16(15-7-10-26-11-8-15)9-12-27(19)22-21(20)23(28)17-5-3-4-6-18(17)24(22)29/h3-14H,1-2H3. The molecule has 3 aromatic heterocycles. The third-order valence-corrected chi connectivity index (χ3v) is 5.36. The van der Waals surface area contributed by atoms with Crippen molar-refractivity contribution < 1.29 is 19.1 Å². The summed E-state index contributed by atoms with van der Waals surface area (Å²) in [6.07, 6.45) is 4.71. The fourth-order valence-corrected chi connectivity index (χ4v) is 4.04. The highest BCUT2D eigenvalue weighted by Gasteiger charge is 2.38. The molecule has 1 aliphatic rings. The quantitative estimate of drug-likeness (QED) is 0.414. The van der Waals surface area contributed by atoms with E-state index in [0.29, 0.717) is 16.6 Å². The van der Waals surface area contributed by atoms with E-state index in [2.05, 4.69) is 4.98 Å². The summed E-state index contributed by atoms with van der Waals surface area (Å²) in [4.78, 5) is 43.9. The highest BCUT2D eigenvalue weighted by molar-refractivity contribution is 6.31. The van der Waals surface area contributed by atoms with Crippen LogP contribution in [0.15, 0.2) is 67.1 Å². The van der Waals surface area contributed by atoms with Crippen LogP contribution in [-0.2, 0) is 4.74 Å². The minimum atomic E-state index is -0.624. The molecule has 0 radical (unpaired) electrons. The number of hydrogen-bond donors (Lipinski definition) is 0. The Hall–Kier alpha value is -4.06. The van der Waals surface area contributed by atoms with E-state index in [1.807, 2.05) is 18.2 Å². The second-order valence-electron chi connectivity index (χ2n) is 7.66. The Morgan fingerprint density at radius 1 is 0.935 bits per heavy atom. The van der Waals surface area contributed by atoms with Crippen LogP contribution in [0.5, 0.6) is 0 Å². The molecule has 0 unspecified atom stereocenters. The maximum Gasteiger partial charge on any atom is 0.341 e. The predicted octanol–water partition coefficient (Wildman–Crippen LogP) is 4.34. The minimum Gasteiger partial charge on any atom is -0.459 e. The second kappa shape index (κ2) is 7.02. The average molecular weight is 410 g/mol. The second-order valence-corrected chi connectivity index (χ2v) is 7.66. The van der Waals surface area contributed by atoms with Gasteiger partial charge in [0.15, 0.2) is 5.78 Å². The molecule has 0 aliphatic heterocycles. The van der Waals surface area contributed by atoms with Crippen molar-refractivity contribution in [3.05, 3.63) is 95.1 Å². The fraction of sp³-hybridized carbons (Fsp3) is 0.120. The summed E-state index contributed by atoms with van der Waals surface area (Å²) in [5.41, 5.74) is 3.23. The van der Waals surface area contributed by atoms with Gasteiger partial charge in [0.1, 0.15) is 5.69 Å². The van der Waals surface area contributed by atoms with Crippen LogP contribution in [0.25, 0.3) is 16.6 Å². The van der Waals surface area contributed by atoms with Gasteiger partial charge in [0.05, 0.1) is 22.7 Å².